The Morgan fingerprint density at radius 1 is 0.971 bits per heavy atom. The summed E-state index contributed by atoms with van der Waals surface area (Å²) in [5.41, 5.74) is 0. The molecule has 9 nitrogen and oxygen atoms in total. The first-order valence-corrected chi connectivity index (χ1v) is 13.2. The van der Waals surface area contributed by atoms with Gasteiger partial charge in [0, 0.05) is 26.2 Å². The van der Waals surface area contributed by atoms with E-state index < -0.39 is 24.4 Å². The van der Waals surface area contributed by atoms with Gasteiger partial charge in [-0.2, -0.15) is 0 Å². The quantitative estimate of drug-likeness (QED) is 0.133. The first kappa shape index (κ1) is 35.3. The first-order chi connectivity index (χ1) is 16.5. The predicted molar refractivity (Wildman–Crippen MR) is 138 cm³/mol. The summed E-state index contributed by atoms with van der Waals surface area (Å²) < 4.78 is 6.27. The molecule has 9 heteroatoms. The number of carbonyl (C=O) groups excluding carboxylic acids is 2. The molecular formula is C26H53N3O6. The number of unbranched alkanes of at least 4 members (excludes halogenated alkanes) is 7. The second-order valence-corrected chi connectivity index (χ2v) is 10.6. The highest BCUT2D eigenvalue weighted by Crippen LogP contribution is 2.18. The van der Waals surface area contributed by atoms with Gasteiger partial charge in [-0.25, -0.2) is 4.79 Å². The summed E-state index contributed by atoms with van der Waals surface area (Å²) in [6.07, 6.45) is 11.0. The second kappa shape index (κ2) is 22.6. The molecule has 35 heavy (non-hydrogen) atoms. The average Bonchev–Trinajstić information content (AvgIpc) is 2.74. The van der Waals surface area contributed by atoms with Gasteiger partial charge in [0.1, 0.15) is 0 Å². The summed E-state index contributed by atoms with van der Waals surface area (Å²) in [7, 11) is 6.03. The van der Waals surface area contributed by atoms with Crippen molar-refractivity contribution in [2.45, 2.75) is 91.0 Å². The van der Waals surface area contributed by atoms with Gasteiger partial charge >= 0.3 is 12.0 Å². The number of urea groups is 1. The van der Waals surface area contributed by atoms with E-state index in [-0.39, 0.29) is 11.9 Å². The molecule has 2 atom stereocenters. The van der Waals surface area contributed by atoms with Crippen molar-refractivity contribution >= 4 is 18.5 Å². The molecule has 0 saturated heterocycles. The van der Waals surface area contributed by atoms with Crippen molar-refractivity contribution in [3.63, 3.8) is 0 Å². The van der Waals surface area contributed by atoms with Crippen LogP contribution in [0.15, 0.2) is 0 Å². The van der Waals surface area contributed by atoms with Gasteiger partial charge in [-0.15, -0.1) is 0 Å². The van der Waals surface area contributed by atoms with Crippen molar-refractivity contribution in [2.75, 3.05) is 47.4 Å². The van der Waals surface area contributed by atoms with Crippen LogP contribution in [-0.4, -0.2) is 81.6 Å². The molecule has 0 heterocycles. The number of ether oxygens (including phenoxy) is 1. The Balaban J connectivity index is 0. The Kier molecular flexibility index (Phi) is 22.8. The Bertz CT molecular complexity index is 538. The van der Waals surface area contributed by atoms with E-state index in [9.17, 15) is 14.7 Å². The van der Waals surface area contributed by atoms with Crippen molar-refractivity contribution in [2.24, 2.45) is 11.8 Å². The zero-order valence-electron chi connectivity index (χ0n) is 23.1. The van der Waals surface area contributed by atoms with E-state index in [4.69, 9.17) is 14.6 Å². The fraction of sp³-hybridized carbons (Fsp3) is 0.885. The van der Waals surface area contributed by atoms with Crippen LogP contribution in [0.5, 0.6) is 0 Å². The number of hydrogen-bond donors (Lipinski definition) is 3. The zero-order chi connectivity index (χ0) is 27.1. The van der Waals surface area contributed by atoms with Crippen LogP contribution in [0.4, 0.5) is 4.79 Å². The Labute approximate surface area is 213 Å². The van der Waals surface area contributed by atoms with E-state index >= 15 is 0 Å². The number of amides is 2. The molecule has 0 fully saturated rings. The monoisotopic (exact) mass is 503 g/mol. The molecule has 0 radical (unpaired) electrons. The summed E-state index contributed by atoms with van der Waals surface area (Å²) in [6, 6.07) is -0.682. The van der Waals surface area contributed by atoms with Crippen LogP contribution in [0.25, 0.3) is 0 Å². The Morgan fingerprint density at radius 3 is 1.94 bits per heavy atom. The van der Waals surface area contributed by atoms with Crippen molar-refractivity contribution in [1.29, 1.82) is 0 Å². The standard InChI is InChI=1S/C25H51N3O4.CH2O2/c1-7-8-9-11-14-17-32-18-15-12-10-13-16-26-25(31)27-23(20-28(4,5)6)22(24(29)30)19-21(2)3;2-1-3/h21-23H,7-20H2,1-6H3,(H2-,26,27,29,30,31);1H,(H,2,3)/t22-,23?;/m1./s1. The normalized spacial score (nSPS) is 12.9. The minimum Gasteiger partial charge on any atom is -0.554 e. The molecule has 0 aliphatic rings. The number of rotatable bonds is 20. The molecule has 0 bridgehead atoms. The van der Waals surface area contributed by atoms with Crippen LogP contribution in [0.2, 0.25) is 0 Å². The van der Waals surface area contributed by atoms with Crippen molar-refractivity contribution < 1.29 is 33.8 Å². The number of carboxylic acids is 1. The van der Waals surface area contributed by atoms with Gasteiger partial charge in [-0.3, -0.25) is 4.79 Å². The van der Waals surface area contributed by atoms with Crippen LogP contribution >= 0.6 is 0 Å². The number of nitrogens with zero attached hydrogens (tertiary/aromatic N) is 1. The number of quaternary nitrogens is 1. The molecule has 0 aliphatic heterocycles. The highest BCUT2D eigenvalue weighted by atomic mass is 16.5. The van der Waals surface area contributed by atoms with Crippen LogP contribution < -0.4 is 15.7 Å². The average molecular weight is 504 g/mol. The van der Waals surface area contributed by atoms with Crippen molar-refractivity contribution in [3.05, 3.63) is 0 Å². The van der Waals surface area contributed by atoms with Crippen molar-refractivity contribution in [1.82, 2.24) is 10.6 Å². The van der Waals surface area contributed by atoms with E-state index in [0.29, 0.717) is 24.0 Å². The molecular weight excluding hydrogens is 450 g/mol. The summed E-state index contributed by atoms with van der Waals surface area (Å²) in [5, 5.41) is 23.8. The summed E-state index contributed by atoms with van der Waals surface area (Å²) in [6.45, 7) is 8.60. The number of hydrogen-bond acceptors (Lipinski definition) is 5. The zero-order valence-corrected chi connectivity index (χ0v) is 23.1. The third kappa shape index (κ3) is 25.0. The third-order valence-electron chi connectivity index (χ3n) is 5.48. The number of aliphatic carboxylic acids is 1. The molecule has 0 aliphatic carbocycles. The van der Waals surface area contributed by atoms with Gasteiger partial charge in [0.25, 0.3) is 0 Å². The molecule has 0 aromatic heterocycles. The lowest BCUT2D eigenvalue weighted by atomic mass is 9.89. The second-order valence-electron chi connectivity index (χ2n) is 10.6. The molecule has 3 N–H and O–H groups in total. The lowest BCUT2D eigenvalue weighted by Crippen LogP contribution is -2.56. The molecule has 0 spiro atoms. The molecule has 0 saturated carbocycles. The van der Waals surface area contributed by atoms with Crippen molar-refractivity contribution in [3.8, 4) is 0 Å². The van der Waals surface area contributed by atoms with Crippen LogP contribution in [0.3, 0.4) is 0 Å². The van der Waals surface area contributed by atoms with Gasteiger partial charge in [-0.1, -0.05) is 59.3 Å². The number of carboxylic acid groups (broad SMARTS) is 2. The highest BCUT2D eigenvalue weighted by Gasteiger charge is 2.34. The van der Waals surface area contributed by atoms with E-state index in [1.54, 1.807) is 0 Å². The topological polar surface area (TPSA) is 128 Å². The highest BCUT2D eigenvalue weighted by molar-refractivity contribution is 5.76. The summed E-state index contributed by atoms with van der Waals surface area (Å²) in [5.74, 6) is -1.19. The maximum absolute atomic E-state index is 12.4. The minimum absolute atomic E-state index is 0.251. The molecule has 0 aromatic rings. The Hall–Kier alpha value is -1.87. The summed E-state index contributed by atoms with van der Waals surface area (Å²) in [4.78, 5) is 32.5. The molecule has 0 rings (SSSR count). The maximum atomic E-state index is 12.4. The van der Waals surface area contributed by atoms with Crippen LogP contribution in [0.1, 0.15) is 85.0 Å². The SMILES string of the molecule is CCCCCCCOCCCCCCNC(=O)NC(C[N+](C)(C)C)[C@@H](CC(C)C)C(=O)O.O=C[O-]. The van der Waals surface area contributed by atoms with Gasteiger partial charge < -0.3 is 34.9 Å². The van der Waals surface area contributed by atoms with E-state index in [1.807, 2.05) is 35.0 Å². The molecule has 2 amide bonds. The minimum atomic E-state index is -0.847. The largest absolute Gasteiger partial charge is 0.554 e. The van der Waals surface area contributed by atoms with Gasteiger partial charge in [0.05, 0.1) is 39.6 Å². The predicted octanol–water partition coefficient (Wildman–Crippen LogP) is 3.02. The van der Waals surface area contributed by atoms with Gasteiger partial charge in [0.15, 0.2) is 0 Å². The lowest BCUT2D eigenvalue weighted by Gasteiger charge is -2.33. The van der Waals surface area contributed by atoms with E-state index in [1.165, 1.54) is 25.7 Å². The van der Waals surface area contributed by atoms with Gasteiger partial charge in [0.2, 0.25) is 0 Å². The maximum Gasteiger partial charge on any atom is 0.315 e. The van der Waals surface area contributed by atoms with E-state index in [2.05, 4.69) is 17.6 Å². The molecule has 208 valence electrons. The fourth-order valence-corrected chi connectivity index (χ4v) is 3.82. The smallest absolute Gasteiger partial charge is 0.315 e. The first-order valence-electron chi connectivity index (χ1n) is 13.2. The Morgan fingerprint density at radius 2 is 1.49 bits per heavy atom. The fourth-order valence-electron chi connectivity index (χ4n) is 3.82. The number of likely N-dealkylation sites (N-methyl/N-ethyl adjacent to an activating group) is 1. The molecule has 0 aromatic carbocycles. The van der Waals surface area contributed by atoms with Gasteiger partial charge in [-0.05, 0) is 31.6 Å². The molecule has 1 unspecified atom stereocenters. The summed E-state index contributed by atoms with van der Waals surface area (Å²) >= 11 is 0. The number of carbonyl (C=O) groups is 3. The number of nitrogens with one attached hydrogen (secondary N) is 2. The lowest BCUT2D eigenvalue weighted by molar-refractivity contribution is -0.871. The van der Waals surface area contributed by atoms with E-state index in [0.717, 1.165) is 45.3 Å². The van der Waals surface area contributed by atoms with Crippen LogP contribution in [0, 0.1) is 11.8 Å². The third-order valence-corrected chi connectivity index (χ3v) is 5.48. The van der Waals surface area contributed by atoms with Crippen LogP contribution in [-0.2, 0) is 14.3 Å².